The minimum Gasteiger partial charge on any atom is -0.385 e. The van der Waals surface area contributed by atoms with Crippen molar-refractivity contribution in [1.29, 1.82) is 0 Å². The third kappa shape index (κ3) is 6.75. The average Bonchev–Trinajstić information content (AvgIpc) is 2.91. The Morgan fingerprint density at radius 1 is 0.914 bits per heavy atom. The van der Waals surface area contributed by atoms with Gasteiger partial charge in [-0.15, -0.1) is 0 Å². The number of piperidine rings is 1. The van der Waals surface area contributed by atoms with Crippen LogP contribution in [-0.4, -0.2) is 43.5 Å². The van der Waals surface area contributed by atoms with Crippen LogP contribution in [0, 0.1) is 0 Å². The monoisotopic (exact) mass is 467 g/mol. The molecule has 1 fully saturated rings. The second-order valence-corrected chi connectivity index (χ2v) is 9.10. The molecule has 0 atom stereocenters. The first kappa shape index (κ1) is 24.6. The topological polar surface area (TPSA) is 35.6 Å². The average molecular weight is 468 g/mol. The van der Waals surface area contributed by atoms with Gasteiger partial charge in [-0.2, -0.15) is 0 Å². The van der Waals surface area contributed by atoms with Crippen molar-refractivity contribution in [2.45, 2.75) is 33.1 Å². The Hall–Kier alpha value is -3.53. The summed E-state index contributed by atoms with van der Waals surface area (Å²) >= 11 is 0. The molecule has 0 saturated carbocycles. The van der Waals surface area contributed by atoms with E-state index in [0.29, 0.717) is 0 Å². The molecule has 1 N–H and O–H groups in total. The Morgan fingerprint density at radius 2 is 1.63 bits per heavy atom. The van der Waals surface area contributed by atoms with Crippen molar-refractivity contribution in [3.63, 3.8) is 0 Å². The van der Waals surface area contributed by atoms with E-state index in [1.807, 2.05) is 30.9 Å². The molecule has 0 radical (unpaired) electrons. The highest BCUT2D eigenvalue weighted by atomic mass is 16.2. The van der Waals surface area contributed by atoms with Crippen LogP contribution in [-0.2, 0) is 6.42 Å². The van der Waals surface area contributed by atoms with E-state index in [-0.39, 0.29) is 5.91 Å². The molecule has 1 heterocycles. The molecule has 182 valence electrons. The van der Waals surface area contributed by atoms with Crippen LogP contribution in [0.15, 0.2) is 84.4 Å². The van der Waals surface area contributed by atoms with Crippen LogP contribution in [0.4, 0.5) is 11.4 Å². The fourth-order valence-electron chi connectivity index (χ4n) is 4.66. The Labute approximate surface area is 210 Å². The Morgan fingerprint density at radius 3 is 2.31 bits per heavy atom. The molecule has 35 heavy (non-hydrogen) atoms. The van der Waals surface area contributed by atoms with Gasteiger partial charge < -0.3 is 15.1 Å². The maximum Gasteiger partial charge on any atom is 0.253 e. The quantitative estimate of drug-likeness (QED) is 0.390. The summed E-state index contributed by atoms with van der Waals surface area (Å²) in [6, 6.07) is 27.4. The van der Waals surface area contributed by atoms with E-state index >= 15 is 0 Å². The van der Waals surface area contributed by atoms with Crippen molar-refractivity contribution >= 4 is 23.4 Å². The molecule has 3 aromatic rings. The number of carbonyl (C=O) groups is 1. The molecule has 1 aliphatic rings. The molecule has 0 bridgehead atoms. The highest BCUT2D eigenvalue weighted by Crippen LogP contribution is 2.26. The summed E-state index contributed by atoms with van der Waals surface area (Å²) in [7, 11) is 0. The summed E-state index contributed by atoms with van der Waals surface area (Å²) in [5.74, 6) is 0.110. The fraction of sp³-hybridized carbons (Fsp3) is 0.323. The van der Waals surface area contributed by atoms with E-state index in [2.05, 4.69) is 83.0 Å². The van der Waals surface area contributed by atoms with Gasteiger partial charge in [0.25, 0.3) is 5.91 Å². The van der Waals surface area contributed by atoms with Gasteiger partial charge in [-0.3, -0.25) is 4.79 Å². The maximum absolute atomic E-state index is 12.5. The lowest BCUT2D eigenvalue weighted by Gasteiger charge is -2.31. The van der Waals surface area contributed by atoms with Gasteiger partial charge in [0.15, 0.2) is 0 Å². The van der Waals surface area contributed by atoms with Crippen LogP contribution < -0.4 is 10.2 Å². The zero-order chi connectivity index (χ0) is 24.5. The number of nitrogens with zero attached hydrogens (tertiary/aromatic N) is 2. The molecule has 4 rings (SSSR count). The predicted octanol–water partition coefficient (Wildman–Crippen LogP) is 6.51. The van der Waals surface area contributed by atoms with Crippen LogP contribution in [0.3, 0.4) is 0 Å². The predicted molar refractivity (Wildman–Crippen MR) is 148 cm³/mol. The smallest absolute Gasteiger partial charge is 0.253 e. The van der Waals surface area contributed by atoms with E-state index < -0.39 is 0 Å². The Kier molecular flexibility index (Phi) is 8.61. The second-order valence-electron chi connectivity index (χ2n) is 9.10. The number of hydrogen-bond acceptors (Lipinski definition) is 3. The summed E-state index contributed by atoms with van der Waals surface area (Å²) in [4.78, 5) is 16.9. The number of carbonyl (C=O) groups excluding carboxylic acids is 1. The van der Waals surface area contributed by atoms with Gasteiger partial charge >= 0.3 is 0 Å². The molecule has 3 aromatic carbocycles. The van der Waals surface area contributed by atoms with Crippen LogP contribution in [0.1, 0.15) is 48.2 Å². The largest absolute Gasteiger partial charge is 0.385 e. The number of nitrogens with one attached hydrogen (secondary N) is 1. The summed E-state index contributed by atoms with van der Waals surface area (Å²) in [6.07, 6.45) is 5.44. The maximum atomic E-state index is 12.5. The number of rotatable bonds is 9. The first-order valence-electron chi connectivity index (χ1n) is 12.9. The first-order chi connectivity index (χ1) is 17.2. The van der Waals surface area contributed by atoms with Gasteiger partial charge in [0.1, 0.15) is 0 Å². The molecular formula is C31H37N3O. The van der Waals surface area contributed by atoms with Crippen LogP contribution in [0.25, 0.3) is 6.08 Å². The highest BCUT2D eigenvalue weighted by Gasteiger charge is 2.15. The third-order valence-corrected chi connectivity index (χ3v) is 6.78. The van der Waals surface area contributed by atoms with Gasteiger partial charge in [-0.25, -0.2) is 0 Å². The van der Waals surface area contributed by atoms with Crippen LogP contribution in [0.5, 0.6) is 0 Å². The van der Waals surface area contributed by atoms with E-state index in [0.717, 1.165) is 57.5 Å². The van der Waals surface area contributed by atoms with Gasteiger partial charge in [0.05, 0.1) is 0 Å². The molecule has 1 saturated heterocycles. The first-order valence-corrected chi connectivity index (χ1v) is 12.9. The summed E-state index contributed by atoms with van der Waals surface area (Å²) in [6.45, 7) is 8.50. The molecule has 1 amide bonds. The zero-order valence-electron chi connectivity index (χ0n) is 21.0. The van der Waals surface area contributed by atoms with Gasteiger partial charge in [-0.1, -0.05) is 60.2 Å². The fourth-order valence-corrected chi connectivity index (χ4v) is 4.66. The van der Waals surface area contributed by atoms with Crippen molar-refractivity contribution in [3.8, 4) is 0 Å². The lowest BCUT2D eigenvalue weighted by atomic mass is 9.99. The van der Waals surface area contributed by atoms with Gasteiger partial charge in [0, 0.05) is 49.7 Å². The lowest BCUT2D eigenvalue weighted by molar-refractivity contribution is 0.0773. The lowest BCUT2D eigenvalue weighted by Crippen LogP contribution is -2.30. The van der Waals surface area contributed by atoms with Crippen molar-refractivity contribution in [1.82, 2.24) is 4.90 Å². The standard InChI is InChI=1S/C31H37N3O/c1-3-33(4-2)31(35)28-15-13-26(14-16-28)23-27-18-21-34(22-19-27)30-12-8-11-29(24-30)32-20-17-25-9-6-5-7-10-25/h5-16,23-24,32H,3-4,17-22H2,1-2H3. The summed E-state index contributed by atoms with van der Waals surface area (Å²) < 4.78 is 0. The zero-order valence-corrected chi connectivity index (χ0v) is 21.0. The summed E-state index contributed by atoms with van der Waals surface area (Å²) in [5, 5.41) is 3.58. The van der Waals surface area contributed by atoms with E-state index in [9.17, 15) is 4.79 Å². The third-order valence-electron chi connectivity index (χ3n) is 6.78. The molecule has 0 aromatic heterocycles. The SMILES string of the molecule is CCN(CC)C(=O)c1ccc(C=C2CCN(c3cccc(NCCc4ccccc4)c3)CC2)cc1. The van der Waals surface area contributed by atoms with E-state index in [4.69, 9.17) is 0 Å². The van der Waals surface area contributed by atoms with Crippen molar-refractivity contribution in [3.05, 3.63) is 101 Å². The number of benzene rings is 3. The van der Waals surface area contributed by atoms with E-state index in [1.54, 1.807) is 0 Å². The van der Waals surface area contributed by atoms with Crippen molar-refractivity contribution < 1.29 is 4.79 Å². The minimum atomic E-state index is 0.110. The molecule has 0 spiro atoms. The number of hydrogen-bond donors (Lipinski definition) is 1. The van der Waals surface area contributed by atoms with Crippen molar-refractivity contribution in [2.24, 2.45) is 0 Å². The molecule has 4 heteroatoms. The summed E-state index contributed by atoms with van der Waals surface area (Å²) in [5.41, 5.74) is 7.24. The number of anilines is 2. The molecule has 0 aliphatic carbocycles. The molecule has 1 aliphatic heterocycles. The second kappa shape index (κ2) is 12.3. The Balaban J connectivity index is 1.30. The highest BCUT2D eigenvalue weighted by molar-refractivity contribution is 5.94. The van der Waals surface area contributed by atoms with Crippen molar-refractivity contribution in [2.75, 3.05) is 42.9 Å². The van der Waals surface area contributed by atoms with Crippen LogP contribution >= 0.6 is 0 Å². The number of amides is 1. The normalized spacial score (nSPS) is 13.4. The van der Waals surface area contributed by atoms with Gasteiger partial charge in [-0.05, 0) is 74.6 Å². The molecule has 4 nitrogen and oxygen atoms in total. The van der Waals surface area contributed by atoms with E-state index in [1.165, 1.54) is 28.1 Å². The Bertz CT molecular complexity index is 1110. The molecule has 0 unspecified atom stereocenters. The molecular weight excluding hydrogens is 430 g/mol. The van der Waals surface area contributed by atoms with Gasteiger partial charge in [0.2, 0.25) is 0 Å². The van der Waals surface area contributed by atoms with Crippen LogP contribution in [0.2, 0.25) is 0 Å². The minimum absolute atomic E-state index is 0.110.